The zero-order valence-corrected chi connectivity index (χ0v) is 7.52. The topological polar surface area (TPSA) is 9.23 Å². The molecule has 0 heterocycles. The van der Waals surface area contributed by atoms with Crippen molar-refractivity contribution >= 4 is 8.91 Å². The standard InChI is InChI=1S/C3H9ClINO/c1-6(2,3)7-5-4/h1-3H3. The van der Waals surface area contributed by atoms with Crippen LogP contribution in [0.25, 0.3) is 0 Å². The molecule has 0 saturated heterocycles. The van der Waals surface area contributed by atoms with Gasteiger partial charge in [-0.3, -0.25) is 0 Å². The molecule has 0 N–H and O–H groups in total. The van der Waals surface area contributed by atoms with Crippen molar-refractivity contribution in [1.82, 2.24) is 0 Å². The molecule has 0 fully saturated rings. The second-order valence-corrected chi connectivity index (χ2v) is 3.53. The van der Waals surface area contributed by atoms with Gasteiger partial charge in [-0.15, -0.1) is 0 Å². The van der Waals surface area contributed by atoms with Crippen LogP contribution in [0, 0.1) is 0 Å². The molecule has 4 heteroatoms. The number of hydroxylamine groups is 3. The summed E-state index contributed by atoms with van der Waals surface area (Å²) in [4.78, 5) is 0. The van der Waals surface area contributed by atoms with Crippen LogP contribution in [-0.2, 0) is 3.17 Å². The van der Waals surface area contributed by atoms with E-state index in [1.54, 1.807) is 0 Å². The van der Waals surface area contributed by atoms with E-state index in [9.17, 15) is 0 Å². The number of quaternary nitrogens is 1. The molecule has 0 aromatic rings. The maximum absolute atomic E-state index is 5.36. The molecule has 46 valence electrons. The fourth-order valence-electron chi connectivity index (χ4n) is 0.0782. The maximum atomic E-state index is 5.36. The molecule has 0 amide bonds. The summed E-state index contributed by atoms with van der Waals surface area (Å²) in [6.45, 7) is 0. The number of rotatable bonds is 2. The SMILES string of the molecule is C[N+](C)(C)O[I-]Cl. The summed E-state index contributed by atoms with van der Waals surface area (Å²) in [7, 11) is 11.2. The van der Waals surface area contributed by atoms with E-state index in [0.29, 0.717) is 4.65 Å². The third-order valence-electron chi connectivity index (χ3n) is 0.233. The van der Waals surface area contributed by atoms with Gasteiger partial charge >= 0.3 is 58.4 Å². The summed E-state index contributed by atoms with van der Waals surface area (Å²) >= 11 is -0.538. The Kier molecular flexibility index (Phi) is 3.48. The zero-order valence-electron chi connectivity index (χ0n) is 4.61. The molecule has 0 atom stereocenters. The van der Waals surface area contributed by atoms with E-state index in [-0.39, 0.29) is 0 Å². The Bertz CT molecular complexity index is 53.4. The van der Waals surface area contributed by atoms with Crippen LogP contribution < -0.4 is 20.5 Å². The molecule has 0 aromatic heterocycles. The first-order chi connectivity index (χ1) is 3.06. The number of hydrogen-bond acceptors (Lipinski definition) is 1. The molecule has 0 aliphatic carbocycles. The predicted octanol–water partition coefficient (Wildman–Crippen LogP) is -2.22. The fourth-order valence-corrected chi connectivity index (χ4v) is 1.57. The Morgan fingerprint density at radius 2 is 1.86 bits per heavy atom. The van der Waals surface area contributed by atoms with Gasteiger partial charge in [-0.1, -0.05) is 0 Å². The van der Waals surface area contributed by atoms with Gasteiger partial charge in [-0.05, 0) is 0 Å². The van der Waals surface area contributed by atoms with Crippen LogP contribution in [0.15, 0.2) is 0 Å². The second-order valence-electron chi connectivity index (χ2n) is 2.02. The molecule has 0 saturated carbocycles. The third-order valence-corrected chi connectivity index (χ3v) is 1.91. The van der Waals surface area contributed by atoms with Gasteiger partial charge in [-0.25, -0.2) is 0 Å². The second kappa shape index (κ2) is 3.06. The Hall–Kier alpha value is 0.940. The molecule has 0 rings (SSSR count). The van der Waals surface area contributed by atoms with Crippen LogP contribution in [0.2, 0.25) is 0 Å². The van der Waals surface area contributed by atoms with Gasteiger partial charge in [0.15, 0.2) is 0 Å². The van der Waals surface area contributed by atoms with Crippen molar-refractivity contribution < 1.29 is 28.3 Å². The van der Waals surface area contributed by atoms with Crippen molar-refractivity contribution in [2.45, 2.75) is 0 Å². The van der Waals surface area contributed by atoms with Gasteiger partial charge in [-0.2, -0.15) is 0 Å². The summed E-state index contributed by atoms with van der Waals surface area (Å²) in [5.41, 5.74) is 0. The van der Waals surface area contributed by atoms with E-state index in [2.05, 4.69) is 0 Å². The van der Waals surface area contributed by atoms with E-state index in [1.807, 2.05) is 21.1 Å². The fraction of sp³-hybridized carbons (Fsp3) is 1.00. The minimum atomic E-state index is -0.538. The Morgan fingerprint density at radius 1 is 1.43 bits per heavy atom. The zero-order chi connectivity index (χ0) is 5.91. The monoisotopic (exact) mass is 237 g/mol. The van der Waals surface area contributed by atoms with Crippen LogP contribution in [0.4, 0.5) is 0 Å². The van der Waals surface area contributed by atoms with Crippen molar-refractivity contribution in [3.05, 3.63) is 0 Å². The van der Waals surface area contributed by atoms with E-state index in [4.69, 9.17) is 12.1 Å². The Labute approximate surface area is 58.5 Å². The molecule has 0 radical (unpaired) electrons. The van der Waals surface area contributed by atoms with E-state index in [1.165, 1.54) is 0 Å². The van der Waals surface area contributed by atoms with E-state index >= 15 is 0 Å². The van der Waals surface area contributed by atoms with Crippen LogP contribution in [0.3, 0.4) is 0 Å². The van der Waals surface area contributed by atoms with Crippen LogP contribution in [0.5, 0.6) is 0 Å². The van der Waals surface area contributed by atoms with Crippen LogP contribution >= 0.6 is 8.91 Å². The molecule has 0 aliphatic rings. The van der Waals surface area contributed by atoms with E-state index in [0.717, 1.165) is 0 Å². The Morgan fingerprint density at radius 3 is 1.86 bits per heavy atom. The number of hydrogen-bond donors (Lipinski definition) is 0. The predicted molar refractivity (Wildman–Crippen MR) is 25.0 cm³/mol. The molecule has 0 spiro atoms. The van der Waals surface area contributed by atoms with Crippen molar-refractivity contribution in [3.63, 3.8) is 0 Å². The third kappa shape index (κ3) is 6.94. The molecule has 0 unspecified atom stereocenters. The normalized spacial score (nSPS) is 12.6. The van der Waals surface area contributed by atoms with Crippen LogP contribution in [0.1, 0.15) is 0 Å². The number of nitrogens with zero attached hydrogens (tertiary/aromatic N) is 1. The van der Waals surface area contributed by atoms with Crippen LogP contribution in [-0.4, -0.2) is 25.8 Å². The summed E-state index contributed by atoms with van der Waals surface area (Å²) in [5.74, 6) is 0. The van der Waals surface area contributed by atoms with E-state index < -0.39 is 20.5 Å². The summed E-state index contributed by atoms with van der Waals surface area (Å²) in [6, 6.07) is 0. The van der Waals surface area contributed by atoms with Crippen molar-refractivity contribution in [2.75, 3.05) is 21.1 Å². The molecule has 0 aromatic carbocycles. The van der Waals surface area contributed by atoms with Crippen molar-refractivity contribution in [2.24, 2.45) is 0 Å². The van der Waals surface area contributed by atoms with Gasteiger partial charge < -0.3 is 0 Å². The molecular formula is C3H9ClINO. The summed E-state index contributed by atoms with van der Waals surface area (Å²) in [6.07, 6.45) is 0. The summed E-state index contributed by atoms with van der Waals surface area (Å²) < 4.78 is 5.55. The van der Waals surface area contributed by atoms with Crippen molar-refractivity contribution in [3.8, 4) is 0 Å². The molecule has 2 nitrogen and oxygen atoms in total. The van der Waals surface area contributed by atoms with Gasteiger partial charge in [0.1, 0.15) is 0 Å². The summed E-state index contributed by atoms with van der Waals surface area (Å²) in [5, 5.41) is 0. The Balaban J connectivity index is 3.15. The molecular weight excluding hydrogens is 228 g/mol. The first-order valence-corrected chi connectivity index (χ1v) is 5.43. The van der Waals surface area contributed by atoms with Gasteiger partial charge in [0.2, 0.25) is 0 Å². The molecule has 7 heavy (non-hydrogen) atoms. The van der Waals surface area contributed by atoms with Crippen molar-refractivity contribution in [1.29, 1.82) is 0 Å². The molecule has 0 bridgehead atoms. The quantitative estimate of drug-likeness (QED) is 0.300. The molecule has 0 aliphatic heterocycles. The van der Waals surface area contributed by atoms with Gasteiger partial charge in [0, 0.05) is 0 Å². The average Bonchev–Trinajstić information content (AvgIpc) is 1.30. The van der Waals surface area contributed by atoms with Gasteiger partial charge in [0.25, 0.3) is 0 Å². The minimum absolute atomic E-state index is 0.511. The van der Waals surface area contributed by atoms with Gasteiger partial charge in [0.05, 0.1) is 0 Å². The number of halogens is 2. The first-order valence-electron chi connectivity index (χ1n) is 1.82. The average molecular weight is 237 g/mol. The first kappa shape index (κ1) is 7.94.